The number of amides is 2. The van der Waals surface area contributed by atoms with Crippen LogP contribution in [0, 0.1) is 5.92 Å². The first-order valence-electron chi connectivity index (χ1n) is 18.0. The second-order valence-corrected chi connectivity index (χ2v) is 16.3. The third-order valence-corrected chi connectivity index (χ3v) is 10.9. The molecule has 0 unspecified atom stereocenters. The normalized spacial score (nSPS) is 20.2. The van der Waals surface area contributed by atoms with E-state index in [1.165, 1.54) is 26.2 Å². The fourth-order valence-corrected chi connectivity index (χ4v) is 7.37. The third kappa shape index (κ3) is 10.2. The van der Waals surface area contributed by atoms with Gasteiger partial charge >= 0.3 is 11.9 Å². The van der Waals surface area contributed by atoms with Crippen molar-refractivity contribution in [3.05, 3.63) is 47.2 Å². The number of nitrogens with one attached hydrogen (secondary N) is 2. The number of anilines is 2. The lowest BCUT2D eigenvalue weighted by Gasteiger charge is -2.51. The van der Waals surface area contributed by atoms with Gasteiger partial charge in [0.15, 0.2) is 16.9 Å². The highest BCUT2D eigenvalue weighted by Crippen LogP contribution is 2.37. The highest BCUT2D eigenvalue weighted by atomic mass is 32.3. The van der Waals surface area contributed by atoms with Crippen LogP contribution in [0.3, 0.4) is 0 Å². The number of carboxylic acids is 1. The summed E-state index contributed by atoms with van der Waals surface area (Å²) in [7, 11) is -5.29. The number of β-lactam (4-membered cyclic amide) rings is 1. The number of aromatic nitrogens is 3. The number of aliphatic hydroxyl groups excluding tert-OH is 1. The minimum Gasteiger partial charge on any atom is -0.724 e. The summed E-state index contributed by atoms with van der Waals surface area (Å²) in [6, 6.07) is 4.14. The number of nitrogen functional groups attached to an aromatic ring is 1. The number of oxime groups is 1. The van der Waals surface area contributed by atoms with Crippen LogP contribution < -0.4 is 41.8 Å². The number of carbonyl (C=O) groups is 4. The molecule has 0 saturated carbocycles. The van der Waals surface area contributed by atoms with Gasteiger partial charge in [0.25, 0.3) is 17.4 Å². The average molecular weight is 865 g/mol. The van der Waals surface area contributed by atoms with Gasteiger partial charge in [-0.3, -0.25) is 14.9 Å². The number of hydrogen-bond donors (Lipinski definition) is 7. The second-order valence-electron chi connectivity index (χ2n) is 14.5. The third-order valence-electron chi connectivity index (χ3n) is 9.92. The number of rotatable bonds is 16. The minimum atomic E-state index is -5.29. The Morgan fingerprint density at radius 1 is 1.32 bits per heavy atom. The zero-order valence-electron chi connectivity index (χ0n) is 32.0. The van der Waals surface area contributed by atoms with Gasteiger partial charge in [0.2, 0.25) is 10.4 Å². The van der Waals surface area contributed by atoms with E-state index >= 15 is 0 Å². The molecule has 3 aromatic rings. The van der Waals surface area contributed by atoms with Gasteiger partial charge in [-0.2, -0.15) is 9.35 Å². The number of nitrogens with zero attached hydrogens (tertiary/aromatic N) is 5. The van der Waals surface area contributed by atoms with Crippen molar-refractivity contribution in [3.8, 4) is 16.9 Å². The summed E-state index contributed by atoms with van der Waals surface area (Å²) in [4.78, 5) is 61.6. The predicted octanol–water partition coefficient (Wildman–Crippen LogP) is -4.18. The lowest BCUT2D eigenvalue weighted by atomic mass is 9.84. The van der Waals surface area contributed by atoms with Crippen LogP contribution in [0.2, 0.25) is 0 Å². The molecule has 0 radical (unpaired) electrons. The van der Waals surface area contributed by atoms with E-state index in [9.17, 15) is 37.6 Å². The van der Waals surface area contributed by atoms with Crippen molar-refractivity contribution in [2.24, 2.45) is 16.8 Å². The number of ether oxygens (including phenoxy) is 1. The van der Waals surface area contributed by atoms with Crippen LogP contribution in [0.25, 0.3) is 11.1 Å². The maximum absolute atomic E-state index is 13.5. The summed E-state index contributed by atoms with van der Waals surface area (Å²) < 4.78 is 45.8. The zero-order chi connectivity index (χ0) is 43.3. The van der Waals surface area contributed by atoms with Gasteiger partial charge in [-0.1, -0.05) is 16.2 Å². The lowest BCUT2D eigenvalue weighted by Crippen LogP contribution is -2.97. The van der Waals surface area contributed by atoms with Gasteiger partial charge in [-0.05, 0) is 56.9 Å². The molecule has 4 atom stereocenters. The molecule has 320 valence electrons. The topological polar surface area (TPSA) is 355 Å². The number of hydrogen-bond acceptors (Lipinski definition) is 19. The molecule has 6 rings (SSSR count). The predicted molar refractivity (Wildman–Crippen MR) is 201 cm³/mol. The number of quaternary nitrogens is 1. The van der Waals surface area contributed by atoms with Crippen LogP contribution in [0.1, 0.15) is 38.4 Å². The molecular formula is C34H44N10O13S2. The molecule has 23 nitrogen and oxygen atoms in total. The SMILES string of the molecule is CC1(C)[C@H](NC(=O)/C(=N\O[C@](C)(C(=O)O)[C@H]2CCc3cc(-c4cnc(NC[C@H](O)CN)[n+](CC5C[NH2+]C5)c4)ccc3O2)c2csc(N)n2)C(=O)N1OS(=O)(=O)[O-].O=C[O-]. The number of carboxylic acid groups (broad SMARTS) is 2. The van der Waals surface area contributed by atoms with E-state index in [2.05, 4.69) is 35.4 Å². The molecule has 10 N–H and O–H groups in total. The molecule has 2 aromatic heterocycles. The van der Waals surface area contributed by atoms with E-state index in [1.54, 1.807) is 12.3 Å². The standard InChI is InChI=1S/C33H42N10O11S2.CH2O2/c1-32(2)26(28(46)43(32)54-56(49,50)51)40-27(45)25(22-16-55-30(35)39-22)41-53-33(3,29(47)48)24-7-5-19-8-18(4-6-23(19)52-24)20-12-37-31(38-13-21(44)9-34)42(15-20)14-17-10-36-11-17;2-1-3/h4,6,8,12,15-17,21,24,26,36,44H,5,7,9-11,13-14,34H2,1-3H3,(H5,35,39,40,45,47,48,49,50,51);1H,(H,2,3)/b41-25-;/t21-,24-,26-,33+;/m1./s1. The summed E-state index contributed by atoms with van der Waals surface area (Å²) in [5.74, 6) is -2.01. The van der Waals surface area contributed by atoms with E-state index in [0.29, 0.717) is 29.1 Å². The first-order chi connectivity index (χ1) is 27.8. The van der Waals surface area contributed by atoms with Crippen molar-refractivity contribution in [1.82, 2.24) is 20.3 Å². The van der Waals surface area contributed by atoms with Crippen molar-refractivity contribution < 1.29 is 71.2 Å². The molecule has 0 aliphatic carbocycles. The van der Waals surface area contributed by atoms with Crippen LogP contribution in [0.15, 0.2) is 41.1 Å². The molecule has 2 saturated heterocycles. The highest BCUT2D eigenvalue weighted by molar-refractivity contribution is 7.80. The van der Waals surface area contributed by atoms with Gasteiger partial charge in [-0.15, -0.1) is 11.3 Å². The molecule has 2 amide bonds. The number of thiazole rings is 1. The van der Waals surface area contributed by atoms with Crippen LogP contribution in [0.4, 0.5) is 11.1 Å². The molecule has 3 aliphatic heterocycles. The number of hydroxylamine groups is 2. The number of benzene rings is 1. The molecule has 0 bridgehead atoms. The Labute approximate surface area is 341 Å². The molecule has 0 spiro atoms. The van der Waals surface area contributed by atoms with E-state index in [0.717, 1.165) is 47.7 Å². The molecule has 2 fully saturated rings. The molecule has 1 aromatic carbocycles. The van der Waals surface area contributed by atoms with Crippen molar-refractivity contribution in [2.45, 2.75) is 69.5 Å². The van der Waals surface area contributed by atoms with Crippen LogP contribution in [-0.2, 0) is 51.7 Å². The van der Waals surface area contributed by atoms with Crippen molar-refractivity contribution in [3.63, 3.8) is 0 Å². The van der Waals surface area contributed by atoms with Crippen molar-refractivity contribution in [1.29, 1.82) is 0 Å². The van der Waals surface area contributed by atoms with Crippen LogP contribution in [-0.4, -0.2) is 124 Å². The summed E-state index contributed by atoms with van der Waals surface area (Å²) in [5.41, 5.74) is 9.61. The lowest BCUT2D eigenvalue weighted by molar-refractivity contribution is -0.766. The molecule has 59 heavy (non-hydrogen) atoms. The van der Waals surface area contributed by atoms with E-state index in [-0.39, 0.29) is 30.3 Å². The number of nitrogens with two attached hydrogens (primary N) is 3. The number of aliphatic carboxylic acids is 1. The Balaban J connectivity index is 0.00000214. The van der Waals surface area contributed by atoms with E-state index in [1.807, 2.05) is 22.9 Å². The quantitative estimate of drug-likeness (QED) is 0.0137. The zero-order valence-corrected chi connectivity index (χ0v) is 33.6. The summed E-state index contributed by atoms with van der Waals surface area (Å²) in [5, 5.41) is 42.1. The van der Waals surface area contributed by atoms with Crippen LogP contribution >= 0.6 is 11.3 Å². The van der Waals surface area contributed by atoms with E-state index < -0.39 is 69.8 Å². The smallest absolute Gasteiger partial charge is 0.391 e. The summed E-state index contributed by atoms with van der Waals surface area (Å²) >= 11 is 0.956. The number of aliphatic hydroxyl groups is 1. The van der Waals surface area contributed by atoms with Gasteiger partial charge in [0, 0.05) is 24.0 Å². The highest BCUT2D eigenvalue weighted by Gasteiger charge is 2.58. The maximum Gasteiger partial charge on any atom is 0.391 e. The number of carbonyl (C=O) groups excluding carboxylic acids is 3. The fraction of sp³-hybridized carbons (Fsp3) is 0.471. The van der Waals surface area contributed by atoms with Gasteiger partial charge < -0.3 is 56.3 Å². The van der Waals surface area contributed by atoms with Crippen molar-refractivity contribution in [2.75, 3.05) is 37.2 Å². The molecule has 25 heteroatoms. The molecule has 3 aliphatic rings. The average Bonchev–Trinajstić information content (AvgIpc) is 3.61. The van der Waals surface area contributed by atoms with Gasteiger partial charge in [0.05, 0.1) is 49.9 Å². The van der Waals surface area contributed by atoms with E-state index in [4.69, 9.17) is 30.9 Å². The number of fused-ring (bicyclic) bond motifs is 1. The number of aryl methyl sites for hydroxylation is 1. The van der Waals surface area contributed by atoms with Crippen molar-refractivity contribution >= 4 is 62.8 Å². The Kier molecular flexibility index (Phi) is 13.7. The summed E-state index contributed by atoms with van der Waals surface area (Å²) in [6.07, 6.45) is 2.51. The largest absolute Gasteiger partial charge is 0.724 e. The molecule has 5 heterocycles. The fourth-order valence-electron chi connectivity index (χ4n) is 6.37. The molecular weight excluding hydrogens is 821 g/mol. The minimum absolute atomic E-state index is 0.0472. The monoisotopic (exact) mass is 864 g/mol. The Bertz CT molecular complexity index is 2200. The first-order valence-corrected chi connectivity index (χ1v) is 20.2. The Morgan fingerprint density at radius 2 is 2.03 bits per heavy atom. The Hall–Kier alpha value is -5.57. The second kappa shape index (κ2) is 18.1. The van der Waals surface area contributed by atoms with Gasteiger partial charge in [-0.25, -0.2) is 22.8 Å². The first kappa shape index (κ1) is 44.5. The maximum atomic E-state index is 13.5. The Morgan fingerprint density at radius 3 is 2.61 bits per heavy atom. The van der Waals surface area contributed by atoms with Gasteiger partial charge in [0.1, 0.15) is 23.7 Å². The van der Waals surface area contributed by atoms with Crippen LogP contribution in [0.5, 0.6) is 5.75 Å². The summed E-state index contributed by atoms with van der Waals surface area (Å²) in [6.45, 7) is 6.56.